The summed E-state index contributed by atoms with van der Waals surface area (Å²) in [6, 6.07) is 21.6. The highest BCUT2D eigenvalue weighted by molar-refractivity contribution is 5.78. The smallest absolute Gasteiger partial charge is 0.260 e. The first kappa shape index (κ1) is 23.8. The van der Waals surface area contributed by atoms with E-state index in [1.165, 1.54) is 12.1 Å². The van der Waals surface area contributed by atoms with Gasteiger partial charge in [-0.25, -0.2) is 4.39 Å². The standard InChI is InChI=1S/C28H30FNO4/c1-33-24-10-7-21(8-11-24)13-14-28(32)15-17-30(18-16-28)27(31)20-34-26-12-9-23(29)19-25(26)22-5-3-2-4-6-22/h2-12,19,32H,13-18,20H2,1H3. The van der Waals surface area contributed by atoms with Gasteiger partial charge in [0.1, 0.15) is 17.3 Å². The Hall–Kier alpha value is -3.38. The third kappa shape index (κ3) is 5.94. The molecule has 5 nitrogen and oxygen atoms in total. The van der Waals surface area contributed by atoms with Crippen molar-refractivity contribution in [1.29, 1.82) is 0 Å². The van der Waals surface area contributed by atoms with Crippen LogP contribution in [0.15, 0.2) is 72.8 Å². The summed E-state index contributed by atoms with van der Waals surface area (Å²) in [5.41, 5.74) is 1.80. The lowest BCUT2D eigenvalue weighted by Gasteiger charge is -2.38. The van der Waals surface area contributed by atoms with Gasteiger partial charge < -0.3 is 19.5 Å². The molecule has 1 aliphatic rings. The predicted molar refractivity (Wildman–Crippen MR) is 129 cm³/mol. The van der Waals surface area contributed by atoms with Crippen molar-refractivity contribution in [3.63, 3.8) is 0 Å². The molecule has 1 saturated heterocycles. The van der Waals surface area contributed by atoms with Crippen molar-refractivity contribution >= 4 is 5.91 Å². The molecule has 3 aromatic rings. The van der Waals surface area contributed by atoms with E-state index < -0.39 is 5.60 Å². The van der Waals surface area contributed by atoms with Crippen LogP contribution in [0.2, 0.25) is 0 Å². The van der Waals surface area contributed by atoms with E-state index in [2.05, 4.69) is 0 Å². The molecule has 178 valence electrons. The number of rotatable bonds is 8. The molecule has 6 heteroatoms. The molecule has 0 radical (unpaired) electrons. The highest BCUT2D eigenvalue weighted by atomic mass is 19.1. The monoisotopic (exact) mass is 463 g/mol. The molecule has 34 heavy (non-hydrogen) atoms. The van der Waals surface area contributed by atoms with E-state index in [9.17, 15) is 14.3 Å². The van der Waals surface area contributed by atoms with Crippen LogP contribution in [0.3, 0.4) is 0 Å². The number of methoxy groups -OCH3 is 1. The van der Waals surface area contributed by atoms with Crippen molar-refractivity contribution in [2.45, 2.75) is 31.3 Å². The summed E-state index contributed by atoms with van der Waals surface area (Å²) in [7, 11) is 1.64. The van der Waals surface area contributed by atoms with Crippen molar-refractivity contribution in [3.05, 3.63) is 84.2 Å². The first-order valence-electron chi connectivity index (χ1n) is 11.6. The number of piperidine rings is 1. The van der Waals surface area contributed by atoms with Crippen molar-refractivity contribution in [3.8, 4) is 22.6 Å². The number of aliphatic hydroxyl groups is 1. The SMILES string of the molecule is COc1ccc(CCC2(O)CCN(C(=O)COc3ccc(F)cc3-c3ccccc3)CC2)cc1. The molecule has 1 amide bonds. The maximum atomic E-state index is 13.8. The van der Waals surface area contributed by atoms with Gasteiger partial charge >= 0.3 is 0 Å². The van der Waals surface area contributed by atoms with Crippen LogP contribution in [0.25, 0.3) is 11.1 Å². The first-order chi connectivity index (χ1) is 16.5. The topological polar surface area (TPSA) is 59.0 Å². The first-order valence-corrected chi connectivity index (χ1v) is 11.6. The van der Waals surface area contributed by atoms with Gasteiger partial charge in [-0.1, -0.05) is 42.5 Å². The number of hydrogen-bond donors (Lipinski definition) is 1. The lowest BCUT2D eigenvalue weighted by molar-refractivity contribution is -0.137. The van der Waals surface area contributed by atoms with E-state index >= 15 is 0 Å². The summed E-state index contributed by atoms with van der Waals surface area (Å²) in [6.45, 7) is 0.836. The van der Waals surface area contributed by atoms with E-state index in [0.717, 1.165) is 23.3 Å². The number of benzene rings is 3. The fourth-order valence-corrected chi connectivity index (χ4v) is 4.29. The Morgan fingerprint density at radius 1 is 1.03 bits per heavy atom. The molecular weight excluding hydrogens is 433 g/mol. The quantitative estimate of drug-likeness (QED) is 0.518. The van der Waals surface area contributed by atoms with Gasteiger partial charge in [0.05, 0.1) is 12.7 Å². The Morgan fingerprint density at radius 2 is 1.74 bits per heavy atom. The lowest BCUT2D eigenvalue weighted by Crippen LogP contribution is -2.48. The van der Waals surface area contributed by atoms with Crippen molar-refractivity contribution in [2.24, 2.45) is 0 Å². The van der Waals surface area contributed by atoms with Crippen LogP contribution in [-0.2, 0) is 11.2 Å². The van der Waals surface area contributed by atoms with Crippen LogP contribution in [0, 0.1) is 5.82 Å². The van der Waals surface area contributed by atoms with Gasteiger partial charge in [-0.05, 0) is 67.1 Å². The van der Waals surface area contributed by atoms with E-state index in [4.69, 9.17) is 9.47 Å². The summed E-state index contributed by atoms with van der Waals surface area (Å²) in [5, 5.41) is 11.0. The second-order valence-corrected chi connectivity index (χ2v) is 8.75. The molecule has 4 rings (SSSR count). The Bertz CT molecular complexity index is 1090. The van der Waals surface area contributed by atoms with E-state index in [0.29, 0.717) is 43.7 Å². The normalized spacial score (nSPS) is 15.1. The minimum Gasteiger partial charge on any atom is -0.497 e. The molecule has 0 aliphatic carbocycles. The number of carbonyl (C=O) groups is 1. The highest BCUT2D eigenvalue weighted by Gasteiger charge is 2.33. The second-order valence-electron chi connectivity index (χ2n) is 8.75. The van der Waals surface area contributed by atoms with Crippen molar-refractivity contribution in [2.75, 3.05) is 26.8 Å². The summed E-state index contributed by atoms with van der Waals surface area (Å²) in [5.74, 6) is 0.782. The zero-order valence-corrected chi connectivity index (χ0v) is 19.4. The fraction of sp³-hybridized carbons (Fsp3) is 0.321. The van der Waals surface area contributed by atoms with Gasteiger partial charge in [-0.15, -0.1) is 0 Å². The van der Waals surface area contributed by atoms with Crippen LogP contribution in [0.4, 0.5) is 4.39 Å². The maximum absolute atomic E-state index is 13.8. The van der Waals surface area contributed by atoms with Crippen LogP contribution >= 0.6 is 0 Å². The van der Waals surface area contributed by atoms with Gasteiger partial charge in [0.25, 0.3) is 5.91 Å². The average Bonchev–Trinajstić information content (AvgIpc) is 2.88. The molecule has 1 fully saturated rings. The molecule has 0 atom stereocenters. The minimum atomic E-state index is -0.783. The highest BCUT2D eigenvalue weighted by Crippen LogP contribution is 2.31. The van der Waals surface area contributed by atoms with Gasteiger partial charge in [0.2, 0.25) is 0 Å². The average molecular weight is 464 g/mol. The molecule has 0 aromatic heterocycles. The van der Waals surface area contributed by atoms with Crippen molar-refractivity contribution in [1.82, 2.24) is 4.90 Å². The molecule has 1 aliphatic heterocycles. The molecule has 0 saturated carbocycles. The fourth-order valence-electron chi connectivity index (χ4n) is 4.29. The summed E-state index contributed by atoms with van der Waals surface area (Å²) >= 11 is 0. The molecule has 0 spiro atoms. The maximum Gasteiger partial charge on any atom is 0.260 e. The number of ether oxygens (including phenoxy) is 2. The summed E-state index contributed by atoms with van der Waals surface area (Å²) in [4.78, 5) is 14.5. The Labute approximate surface area is 199 Å². The number of halogens is 1. The number of hydrogen-bond acceptors (Lipinski definition) is 4. The second kappa shape index (κ2) is 10.7. The van der Waals surface area contributed by atoms with Crippen LogP contribution in [0.5, 0.6) is 11.5 Å². The Balaban J connectivity index is 1.29. The number of likely N-dealkylation sites (tertiary alicyclic amines) is 1. The number of aryl methyl sites for hydroxylation is 1. The molecular formula is C28H30FNO4. The van der Waals surface area contributed by atoms with E-state index in [1.807, 2.05) is 54.6 Å². The molecule has 0 bridgehead atoms. The van der Waals surface area contributed by atoms with E-state index in [-0.39, 0.29) is 18.3 Å². The van der Waals surface area contributed by atoms with E-state index in [1.54, 1.807) is 18.1 Å². The number of amides is 1. The Kier molecular flexibility index (Phi) is 7.48. The largest absolute Gasteiger partial charge is 0.497 e. The zero-order chi connectivity index (χ0) is 24.0. The van der Waals surface area contributed by atoms with Crippen LogP contribution in [0.1, 0.15) is 24.8 Å². The Morgan fingerprint density at radius 3 is 2.41 bits per heavy atom. The lowest BCUT2D eigenvalue weighted by atomic mass is 9.85. The third-order valence-corrected chi connectivity index (χ3v) is 6.46. The number of nitrogens with zero attached hydrogens (tertiary/aromatic N) is 1. The number of carbonyl (C=O) groups excluding carboxylic acids is 1. The van der Waals surface area contributed by atoms with Crippen LogP contribution < -0.4 is 9.47 Å². The molecule has 0 unspecified atom stereocenters. The third-order valence-electron chi connectivity index (χ3n) is 6.46. The minimum absolute atomic E-state index is 0.129. The molecule has 1 N–H and O–H groups in total. The van der Waals surface area contributed by atoms with Gasteiger partial charge in [-0.3, -0.25) is 4.79 Å². The molecule has 3 aromatic carbocycles. The van der Waals surface area contributed by atoms with Crippen molar-refractivity contribution < 1.29 is 23.8 Å². The zero-order valence-electron chi connectivity index (χ0n) is 19.4. The van der Waals surface area contributed by atoms with Gasteiger partial charge in [0, 0.05) is 18.7 Å². The summed E-state index contributed by atoms with van der Waals surface area (Å²) < 4.78 is 24.8. The van der Waals surface area contributed by atoms with Gasteiger partial charge in [-0.2, -0.15) is 0 Å². The molecule has 1 heterocycles. The predicted octanol–water partition coefficient (Wildman–Crippen LogP) is 4.87. The van der Waals surface area contributed by atoms with Gasteiger partial charge in [0.15, 0.2) is 6.61 Å². The van der Waals surface area contributed by atoms with Crippen LogP contribution in [-0.4, -0.2) is 48.3 Å². The summed E-state index contributed by atoms with van der Waals surface area (Å²) in [6.07, 6.45) is 2.47.